The first-order valence-electron chi connectivity index (χ1n) is 10.0. The lowest BCUT2D eigenvalue weighted by molar-refractivity contribution is -0.129. The van der Waals surface area contributed by atoms with E-state index in [9.17, 15) is 19.1 Å². The Balaban J connectivity index is 1.76. The van der Waals surface area contributed by atoms with Crippen molar-refractivity contribution in [1.29, 1.82) is 0 Å². The standard InChI is InChI=1S/C24H23FN2O4/c1-26(2)12-7-13-27-21(16-9-4-5-10-17(16)25)20(23(29)24(27)30)22(28)19-14-15-8-3-6-11-18(15)31-19/h3-6,8-11,14,21,29H,7,12-13H2,1-2H3. The summed E-state index contributed by atoms with van der Waals surface area (Å²) in [5, 5.41) is 11.4. The smallest absolute Gasteiger partial charge is 0.290 e. The molecule has 1 amide bonds. The number of ketones is 1. The lowest BCUT2D eigenvalue weighted by Gasteiger charge is -2.27. The molecular formula is C24H23FN2O4. The van der Waals surface area contributed by atoms with Gasteiger partial charge in [0, 0.05) is 17.5 Å². The summed E-state index contributed by atoms with van der Waals surface area (Å²) in [5.74, 6) is -2.55. The van der Waals surface area contributed by atoms with Gasteiger partial charge >= 0.3 is 0 Å². The second kappa shape index (κ2) is 8.35. The van der Waals surface area contributed by atoms with E-state index < -0.39 is 29.3 Å². The molecule has 160 valence electrons. The van der Waals surface area contributed by atoms with Crippen LogP contribution in [0.4, 0.5) is 4.39 Å². The second-order valence-electron chi connectivity index (χ2n) is 7.82. The Morgan fingerprint density at radius 3 is 2.58 bits per heavy atom. The van der Waals surface area contributed by atoms with Crippen LogP contribution in [0, 0.1) is 5.82 Å². The molecule has 1 N–H and O–H groups in total. The van der Waals surface area contributed by atoms with E-state index >= 15 is 0 Å². The number of halogens is 1. The van der Waals surface area contributed by atoms with Gasteiger partial charge in [-0.25, -0.2) is 4.39 Å². The van der Waals surface area contributed by atoms with Crippen molar-refractivity contribution in [3.63, 3.8) is 0 Å². The molecule has 1 aliphatic heterocycles. The molecule has 31 heavy (non-hydrogen) atoms. The lowest BCUT2D eigenvalue weighted by Crippen LogP contribution is -2.34. The first-order chi connectivity index (χ1) is 14.9. The van der Waals surface area contributed by atoms with E-state index in [1.54, 1.807) is 30.3 Å². The molecule has 0 saturated heterocycles. The summed E-state index contributed by atoms with van der Waals surface area (Å²) in [4.78, 5) is 29.6. The number of furan rings is 1. The summed E-state index contributed by atoms with van der Waals surface area (Å²) in [5.41, 5.74) is 0.503. The summed E-state index contributed by atoms with van der Waals surface area (Å²) in [6, 6.07) is 13.6. The predicted octanol–water partition coefficient (Wildman–Crippen LogP) is 4.10. The summed E-state index contributed by atoms with van der Waals surface area (Å²) in [6.07, 6.45) is 0.600. The summed E-state index contributed by atoms with van der Waals surface area (Å²) < 4.78 is 20.4. The van der Waals surface area contributed by atoms with Crippen LogP contribution in [0.3, 0.4) is 0 Å². The Labute approximate surface area is 179 Å². The van der Waals surface area contributed by atoms with Gasteiger partial charge in [-0.2, -0.15) is 0 Å². The van der Waals surface area contributed by atoms with Gasteiger partial charge in [-0.3, -0.25) is 9.59 Å². The number of amides is 1. The van der Waals surface area contributed by atoms with E-state index in [0.29, 0.717) is 18.5 Å². The van der Waals surface area contributed by atoms with Crippen molar-refractivity contribution < 1.29 is 23.5 Å². The summed E-state index contributed by atoms with van der Waals surface area (Å²) in [7, 11) is 3.82. The number of aliphatic hydroxyl groups is 1. The van der Waals surface area contributed by atoms with Gasteiger partial charge in [0.25, 0.3) is 5.91 Å². The highest BCUT2D eigenvalue weighted by molar-refractivity contribution is 6.16. The number of carbonyl (C=O) groups is 2. The zero-order chi connectivity index (χ0) is 22.1. The average Bonchev–Trinajstić information content (AvgIpc) is 3.28. The molecule has 2 heterocycles. The average molecular weight is 422 g/mol. The molecule has 1 aliphatic rings. The van der Waals surface area contributed by atoms with Crippen LogP contribution in [0.5, 0.6) is 0 Å². The van der Waals surface area contributed by atoms with E-state index in [2.05, 4.69) is 0 Å². The molecule has 2 aromatic carbocycles. The van der Waals surface area contributed by atoms with Crippen LogP contribution in [-0.4, -0.2) is 53.8 Å². The molecule has 0 spiro atoms. The number of nitrogens with zero attached hydrogens (tertiary/aromatic N) is 2. The summed E-state index contributed by atoms with van der Waals surface area (Å²) >= 11 is 0. The third-order valence-electron chi connectivity index (χ3n) is 5.40. The van der Waals surface area contributed by atoms with Crippen LogP contribution in [-0.2, 0) is 4.79 Å². The number of Topliss-reactive ketones (excluding diaryl/α,β-unsaturated/α-hetero) is 1. The van der Waals surface area contributed by atoms with Crippen molar-refractivity contribution in [2.45, 2.75) is 12.5 Å². The molecule has 1 unspecified atom stereocenters. The number of carbonyl (C=O) groups excluding carboxylic acids is 2. The Bertz CT molecular complexity index is 1150. The van der Waals surface area contributed by atoms with Crippen LogP contribution in [0.25, 0.3) is 11.0 Å². The third kappa shape index (κ3) is 3.84. The second-order valence-corrected chi connectivity index (χ2v) is 7.82. The van der Waals surface area contributed by atoms with E-state index in [1.165, 1.54) is 23.1 Å². The maximum Gasteiger partial charge on any atom is 0.290 e. The largest absolute Gasteiger partial charge is 0.503 e. The molecule has 6 nitrogen and oxygen atoms in total. The van der Waals surface area contributed by atoms with E-state index in [0.717, 1.165) is 5.39 Å². The number of fused-ring (bicyclic) bond motifs is 1. The van der Waals surface area contributed by atoms with Crippen molar-refractivity contribution in [2.24, 2.45) is 0 Å². The highest BCUT2D eigenvalue weighted by atomic mass is 19.1. The van der Waals surface area contributed by atoms with E-state index in [-0.39, 0.29) is 23.4 Å². The van der Waals surface area contributed by atoms with Gasteiger partial charge in [-0.1, -0.05) is 36.4 Å². The highest BCUT2D eigenvalue weighted by Gasteiger charge is 2.45. The number of hydrogen-bond acceptors (Lipinski definition) is 5. The molecule has 1 atom stereocenters. The molecule has 1 aromatic heterocycles. The van der Waals surface area contributed by atoms with Gasteiger partial charge in [-0.05, 0) is 45.3 Å². The van der Waals surface area contributed by atoms with Gasteiger partial charge in [0.1, 0.15) is 11.4 Å². The normalized spacial score (nSPS) is 16.7. The Hall–Kier alpha value is -3.45. The van der Waals surface area contributed by atoms with E-state index in [1.807, 2.05) is 25.1 Å². The number of benzene rings is 2. The van der Waals surface area contributed by atoms with Crippen molar-refractivity contribution in [1.82, 2.24) is 9.80 Å². The molecule has 0 fully saturated rings. The number of hydrogen-bond donors (Lipinski definition) is 1. The van der Waals surface area contributed by atoms with Gasteiger partial charge in [0.05, 0.1) is 11.6 Å². The van der Waals surface area contributed by atoms with Crippen LogP contribution in [0.2, 0.25) is 0 Å². The maximum absolute atomic E-state index is 14.7. The fourth-order valence-electron chi connectivity index (χ4n) is 3.92. The first kappa shape index (κ1) is 20.8. The maximum atomic E-state index is 14.7. The van der Waals surface area contributed by atoms with Gasteiger partial charge in [0.2, 0.25) is 5.78 Å². The van der Waals surface area contributed by atoms with Crippen LogP contribution in [0.1, 0.15) is 28.6 Å². The summed E-state index contributed by atoms with van der Waals surface area (Å²) in [6.45, 7) is 0.957. The minimum atomic E-state index is -1.03. The van der Waals surface area contributed by atoms with Gasteiger partial charge < -0.3 is 19.3 Å². The van der Waals surface area contributed by atoms with Gasteiger partial charge in [-0.15, -0.1) is 0 Å². The zero-order valence-electron chi connectivity index (χ0n) is 17.3. The molecule has 0 saturated carbocycles. The predicted molar refractivity (Wildman–Crippen MR) is 114 cm³/mol. The molecule has 0 bridgehead atoms. The Morgan fingerprint density at radius 2 is 1.87 bits per heavy atom. The molecule has 4 rings (SSSR count). The molecule has 0 radical (unpaired) electrons. The topological polar surface area (TPSA) is 74.0 Å². The highest BCUT2D eigenvalue weighted by Crippen LogP contribution is 2.40. The molecule has 3 aromatic rings. The fourth-order valence-corrected chi connectivity index (χ4v) is 3.92. The number of rotatable bonds is 7. The molecule has 7 heteroatoms. The quantitative estimate of drug-likeness (QED) is 0.581. The monoisotopic (exact) mass is 422 g/mol. The zero-order valence-corrected chi connectivity index (χ0v) is 17.3. The van der Waals surface area contributed by atoms with Crippen molar-refractivity contribution in [2.75, 3.05) is 27.2 Å². The van der Waals surface area contributed by atoms with Crippen LogP contribution < -0.4 is 0 Å². The Morgan fingerprint density at radius 1 is 1.16 bits per heavy atom. The third-order valence-corrected chi connectivity index (χ3v) is 5.40. The van der Waals surface area contributed by atoms with Crippen LogP contribution >= 0.6 is 0 Å². The van der Waals surface area contributed by atoms with Gasteiger partial charge in [0.15, 0.2) is 11.5 Å². The first-order valence-corrected chi connectivity index (χ1v) is 10.0. The Kier molecular flexibility index (Phi) is 5.61. The van der Waals surface area contributed by atoms with E-state index in [4.69, 9.17) is 4.42 Å². The SMILES string of the molecule is CN(C)CCCN1C(=O)C(O)=C(C(=O)c2cc3ccccc3o2)C1c1ccccc1F. The van der Waals surface area contributed by atoms with Crippen molar-refractivity contribution in [3.05, 3.63) is 83.1 Å². The van der Waals surface area contributed by atoms with Crippen LogP contribution in [0.15, 0.2) is 70.3 Å². The minimum absolute atomic E-state index is 0.00738. The molecular weight excluding hydrogens is 399 g/mol. The number of para-hydroxylation sites is 1. The lowest BCUT2D eigenvalue weighted by atomic mass is 9.94. The van der Waals surface area contributed by atoms with Crippen molar-refractivity contribution >= 4 is 22.7 Å². The fraction of sp³-hybridized carbons (Fsp3) is 0.250. The number of aliphatic hydroxyl groups excluding tert-OH is 1. The molecule has 0 aliphatic carbocycles. The minimum Gasteiger partial charge on any atom is -0.503 e. The van der Waals surface area contributed by atoms with Crippen molar-refractivity contribution in [3.8, 4) is 0 Å².